The van der Waals surface area contributed by atoms with Gasteiger partial charge in [0.15, 0.2) is 0 Å². The summed E-state index contributed by atoms with van der Waals surface area (Å²) in [6.07, 6.45) is 0. The normalized spacial score (nSPS) is 11.1. The number of nitrogens with zero attached hydrogens (tertiary/aromatic N) is 1. The zero-order chi connectivity index (χ0) is 21.9. The third kappa shape index (κ3) is 4.58. The van der Waals surface area contributed by atoms with Gasteiger partial charge in [-0.1, -0.05) is 17.7 Å². The summed E-state index contributed by atoms with van der Waals surface area (Å²) in [5.41, 5.74) is 2.07. The molecule has 8 heteroatoms. The fraction of sp³-hybridized carbons (Fsp3) is 0.136. The number of halogens is 1. The van der Waals surface area contributed by atoms with E-state index in [1.54, 1.807) is 56.5 Å². The molecule has 0 spiro atoms. The molecule has 0 saturated heterocycles. The summed E-state index contributed by atoms with van der Waals surface area (Å²) in [6.45, 7) is 1.79. The van der Waals surface area contributed by atoms with E-state index in [1.807, 2.05) is 0 Å². The molecule has 0 unspecified atom stereocenters. The molecule has 0 radical (unpaired) electrons. The molecule has 6 nitrogen and oxygen atoms in total. The number of benzene rings is 3. The second kappa shape index (κ2) is 8.77. The maximum absolute atomic E-state index is 13.0. The van der Waals surface area contributed by atoms with Crippen LogP contribution in [0.5, 0.6) is 5.75 Å². The number of carbonyl (C=O) groups excluding carboxylic acids is 1. The third-order valence-electron chi connectivity index (χ3n) is 4.63. The van der Waals surface area contributed by atoms with Gasteiger partial charge in [-0.25, -0.2) is 8.42 Å². The Bertz CT molecular complexity index is 1160. The molecule has 0 atom stereocenters. The van der Waals surface area contributed by atoms with Crippen molar-refractivity contribution in [2.75, 3.05) is 23.8 Å². The van der Waals surface area contributed by atoms with E-state index in [-0.39, 0.29) is 10.8 Å². The second-order valence-corrected chi connectivity index (χ2v) is 9.02. The molecule has 1 amide bonds. The molecule has 156 valence electrons. The Morgan fingerprint density at radius 3 is 2.23 bits per heavy atom. The van der Waals surface area contributed by atoms with Crippen molar-refractivity contribution in [2.45, 2.75) is 11.8 Å². The lowest BCUT2D eigenvalue weighted by Gasteiger charge is -2.22. The minimum Gasteiger partial charge on any atom is -0.497 e. The number of nitrogens with one attached hydrogen (secondary N) is 1. The zero-order valence-electron chi connectivity index (χ0n) is 16.7. The van der Waals surface area contributed by atoms with Crippen molar-refractivity contribution in [2.24, 2.45) is 0 Å². The average Bonchev–Trinajstić information content (AvgIpc) is 2.74. The van der Waals surface area contributed by atoms with Crippen LogP contribution in [0, 0.1) is 6.92 Å². The van der Waals surface area contributed by atoms with Crippen LogP contribution in [0.15, 0.2) is 71.6 Å². The van der Waals surface area contributed by atoms with Gasteiger partial charge in [-0.2, -0.15) is 0 Å². The Morgan fingerprint density at radius 1 is 1.00 bits per heavy atom. The van der Waals surface area contributed by atoms with Gasteiger partial charge in [-0.15, -0.1) is 0 Å². The summed E-state index contributed by atoms with van der Waals surface area (Å²) < 4.78 is 32.3. The lowest BCUT2D eigenvalue weighted by atomic mass is 10.1. The van der Waals surface area contributed by atoms with Gasteiger partial charge in [-0.3, -0.25) is 9.10 Å². The molecule has 0 aliphatic rings. The SMILES string of the molecule is COc1ccc(NC(=O)c2ccc(C)c(N(C)S(=O)(=O)c3ccc(Cl)cc3)c2)cc1. The van der Waals surface area contributed by atoms with Gasteiger partial charge in [-0.05, 0) is 73.2 Å². The molecule has 0 heterocycles. The highest BCUT2D eigenvalue weighted by Gasteiger charge is 2.23. The number of carbonyl (C=O) groups is 1. The van der Waals surface area contributed by atoms with Gasteiger partial charge >= 0.3 is 0 Å². The van der Waals surface area contributed by atoms with E-state index >= 15 is 0 Å². The predicted octanol–water partition coefficient (Wildman–Crippen LogP) is 4.73. The molecule has 0 bridgehead atoms. The van der Waals surface area contributed by atoms with E-state index < -0.39 is 10.0 Å². The number of rotatable bonds is 6. The van der Waals surface area contributed by atoms with Crippen LogP contribution in [-0.4, -0.2) is 28.5 Å². The topological polar surface area (TPSA) is 75.7 Å². The number of amides is 1. The van der Waals surface area contributed by atoms with Crippen LogP contribution in [0.25, 0.3) is 0 Å². The van der Waals surface area contributed by atoms with E-state index in [2.05, 4.69) is 5.32 Å². The fourth-order valence-electron chi connectivity index (χ4n) is 2.86. The molecular formula is C22H21ClN2O4S. The molecule has 0 aliphatic carbocycles. The monoisotopic (exact) mass is 444 g/mol. The van der Waals surface area contributed by atoms with Crippen molar-refractivity contribution in [3.05, 3.63) is 82.9 Å². The van der Waals surface area contributed by atoms with Crippen molar-refractivity contribution in [1.82, 2.24) is 0 Å². The van der Waals surface area contributed by atoms with Crippen LogP contribution >= 0.6 is 11.6 Å². The van der Waals surface area contributed by atoms with Gasteiger partial charge in [0.1, 0.15) is 5.75 Å². The first kappa shape index (κ1) is 21.7. The summed E-state index contributed by atoms with van der Waals surface area (Å²) >= 11 is 5.86. The Balaban J connectivity index is 1.88. The Kier molecular flexibility index (Phi) is 6.34. The first-order chi connectivity index (χ1) is 14.2. The number of anilines is 2. The minimum absolute atomic E-state index is 0.113. The quantitative estimate of drug-likeness (QED) is 0.596. The van der Waals surface area contributed by atoms with Crippen LogP contribution in [0.4, 0.5) is 11.4 Å². The van der Waals surface area contributed by atoms with E-state index in [9.17, 15) is 13.2 Å². The number of ether oxygens (including phenoxy) is 1. The lowest BCUT2D eigenvalue weighted by molar-refractivity contribution is 0.102. The molecule has 0 aromatic heterocycles. The largest absolute Gasteiger partial charge is 0.497 e. The summed E-state index contributed by atoms with van der Waals surface area (Å²) in [4.78, 5) is 12.8. The van der Waals surface area contributed by atoms with Gasteiger partial charge < -0.3 is 10.1 Å². The van der Waals surface area contributed by atoms with E-state index in [0.717, 1.165) is 9.87 Å². The van der Waals surface area contributed by atoms with Crippen LogP contribution in [0.3, 0.4) is 0 Å². The first-order valence-corrected chi connectivity index (χ1v) is 10.8. The summed E-state index contributed by atoms with van der Waals surface area (Å²) in [5, 5.41) is 3.24. The molecule has 3 aromatic rings. The summed E-state index contributed by atoms with van der Waals surface area (Å²) in [6, 6.07) is 17.8. The lowest BCUT2D eigenvalue weighted by Crippen LogP contribution is -2.27. The second-order valence-electron chi connectivity index (χ2n) is 6.61. The molecule has 1 N–H and O–H groups in total. The van der Waals surface area contributed by atoms with Crippen LogP contribution < -0.4 is 14.4 Å². The van der Waals surface area contributed by atoms with Crippen LogP contribution in [0.1, 0.15) is 15.9 Å². The van der Waals surface area contributed by atoms with Crippen molar-refractivity contribution < 1.29 is 17.9 Å². The Hall–Kier alpha value is -3.03. The van der Waals surface area contributed by atoms with Crippen molar-refractivity contribution in [3.63, 3.8) is 0 Å². The van der Waals surface area contributed by atoms with Gasteiger partial charge in [0.2, 0.25) is 0 Å². The minimum atomic E-state index is -3.81. The highest BCUT2D eigenvalue weighted by atomic mass is 35.5. The molecule has 3 aromatic carbocycles. The van der Waals surface area contributed by atoms with E-state index in [1.165, 1.54) is 31.3 Å². The van der Waals surface area contributed by atoms with Crippen LogP contribution in [-0.2, 0) is 10.0 Å². The first-order valence-electron chi connectivity index (χ1n) is 9.03. The molecule has 0 saturated carbocycles. The molecule has 3 rings (SSSR count). The van der Waals surface area contributed by atoms with Gasteiger partial charge in [0, 0.05) is 23.3 Å². The predicted molar refractivity (Wildman–Crippen MR) is 119 cm³/mol. The Morgan fingerprint density at radius 2 is 1.63 bits per heavy atom. The molecular weight excluding hydrogens is 424 g/mol. The van der Waals surface area contributed by atoms with Gasteiger partial charge in [0.25, 0.3) is 15.9 Å². The van der Waals surface area contributed by atoms with E-state index in [4.69, 9.17) is 16.3 Å². The maximum Gasteiger partial charge on any atom is 0.264 e. The van der Waals surface area contributed by atoms with E-state index in [0.29, 0.717) is 27.7 Å². The average molecular weight is 445 g/mol. The molecule has 30 heavy (non-hydrogen) atoms. The summed E-state index contributed by atoms with van der Waals surface area (Å²) in [7, 11) is -0.790. The number of sulfonamides is 1. The zero-order valence-corrected chi connectivity index (χ0v) is 18.3. The summed E-state index contributed by atoms with van der Waals surface area (Å²) in [5.74, 6) is 0.332. The number of aryl methyl sites for hydroxylation is 1. The number of methoxy groups -OCH3 is 1. The number of hydrogen-bond donors (Lipinski definition) is 1. The highest BCUT2D eigenvalue weighted by molar-refractivity contribution is 7.92. The van der Waals surface area contributed by atoms with Crippen molar-refractivity contribution >= 4 is 38.9 Å². The smallest absolute Gasteiger partial charge is 0.264 e. The molecule has 0 fully saturated rings. The van der Waals surface area contributed by atoms with Crippen LogP contribution in [0.2, 0.25) is 5.02 Å². The number of hydrogen-bond acceptors (Lipinski definition) is 4. The highest BCUT2D eigenvalue weighted by Crippen LogP contribution is 2.27. The Labute approximate surface area is 181 Å². The molecule has 0 aliphatic heterocycles. The standard InChI is InChI=1S/C22H21ClN2O4S/c1-15-4-5-16(22(26)24-18-8-10-19(29-3)11-9-18)14-21(15)25(2)30(27,28)20-12-6-17(23)7-13-20/h4-14H,1-3H3,(H,24,26). The third-order valence-corrected chi connectivity index (χ3v) is 6.67. The fourth-order valence-corrected chi connectivity index (χ4v) is 4.24. The van der Waals surface area contributed by atoms with Gasteiger partial charge in [0.05, 0.1) is 17.7 Å². The van der Waals surface area contributed by atoms with Crippen molar-refractivity contribution in [1.29, 1.82) is 0 Å². The van der Waals surface area contributed by atoms with Crippen molar-refractivity contribution in [3.8, 4) is 5.75 Å². The maximum atomic E-state index is 13.0.